The first-order chi connectivity index (χ1) is 14.1. The summed E-state index contributed by atoms with van der Waals surface area (Å²) in [5.41, 5.74) is 3.38. The van der Waals surface area contributed by atoms with E-state index in [-0.39, 0.29) is 5.56 Å². The van der Waals surface area contributed by atoms with Gasteiger partial charge >= 0.3 is 0 Å². The van der Waals surface area contributed by atoms with Crippen molar-refractivity contribution in [2.24, 2.45) is 0 Å². The molecule has 4 nitrogen and oxygen atoms in total. The van der Waals surface area contributed by atoms with Gasteiger partial charge in [0.1, 0.15) is 11.6 Å². The Hall–Kier alpha value is -3.18. The maximum Gasteiger partial charge on any atom is 0.266 e. The van der Waals surface area contributed by atoms with E-state index in [9.17, 15) is 4.79 Å². The van der Waals surface area contributed by atoms with E-state index in [1.807, 2.05) is 85.8 Å². The monoisotopic (exact) mass is 446 g/mol. The van der Waals surface area contributed by atoms with Crippen LogP contribution in [0.15, 0.2) is 76.0 Å². The van der Waals surface area contributed by atoms with Crippen LogP contribution in [0.1, 0.15) is 17.0 Å². The average Bonchev–Trinajstić information content (AvgIpc) is 2.74. The summed E-state index contributed by atoms with van der Waals surface area (Å²) in [4.78, 5) is 18.2. The summed E-state index contributed by atoms with van der Waals surface area (Å²) in [5.74, 6) is 1.38. The van der Waals surface area contributed by atoms with E-state index < -0.39 is 0 Å². The van der Waals surface area contributed by atoms with Crippen LogP contribution in [0, 0.1) is 6.92 Å². The summed E-state index contributed by atoms with van der Waals surface area (Å²) in [6.45, 7) is 1.99. The normalized spacial score (nSPS) is 11.3. The molecule has 144 valence electrons. The summed E-state index contributed by atoms with van der Waals surface area (Å²) in [6, 6.07) is 21.1. The number of hydrogen-bond donors (Lipinski definition) is 0. The highest BCUT2D eigenvalue weighted by molar-refractivity contribution is 9.10. The Morgan fingerprint density at radius 2 is 1.76 bits per heavy atom. The van der Waals surface area contributed by atoms with E-state index in [1.54, 1.807) is 11.7 Å². The van der Waals surface area contributed by atoms with Crippen molar-refractivity contribution >= 4 is 39.0 Å². The van der Waals surface area contributed by atoms with Crippen molar-refractivity contribution in [3.8, 4) is 11.4 Å². The second kappa shape index (κ2) is 8.05. The Morgan fingerprint density at radius 3 is 2.48 bits per heavy atom. The Kier molecular flexibility index (Phi) is 5.32. The van der Waals surface area contributed by atoms with Gasteiger partial charge in [-0.3, -0.25) is 9.36 Å². The molecule has 0 atom stereocenters. The van der Waals surface area contributed by atoms with Gasteiger partial charge < -0.3 is 4.74 Å². The lowest BCUT2D eigenvalue weighted by Crippen LogP contribution is -2.23. The molecule has 0 saturated carbocycles. The second-order valence-electron chi connectivity index (χ2n) is 6.67. The van der Waals surface area contributed by atoms with Crippen molar-refractivity contribution in [3.63, 3.8) is 0 Å². The molecule has 0 unspecified atom stereocenters. The van der Waals surface area contributed by atoms with Gasteiger partial charge in [0.15, 0.2) is 0 Å². The summed E-state index contributed by atoms with van der Waals surface area (Å²) in [5, 5.41) is 0.573. The zero-order chi connectivity index (χ0) is 20.4. The number of rotatable bonds is 4. The number of benzene rings is 3. The number of aryl methyl sites for hydroxylation is 1. The van der Waals surface area contributed by atoms with Crippen molar-refractivity contribution < 1.29 is 4.74 Å². The third-order valence-electron chi connectivity index (χ3n) is 4.75. The maximum absolute atomic E-state index is 13.4. The van der Waals surface area contributed by atoms with Crippen molar-refractivity contribution in [2.75, 3.05) is 7.11 Å². The van der Waals surface area contributed by atoms with E-state index in [1.165, 1.54) is 0 Å². The van der Waals surface area contributed by atoms with Gasteiger partial charge in [-0.1, -0.05) is 52.3 Å². The second-order valence-corrected chi connectivity index (χ2v) is 7.58. The van der Waals surface area contributed by atoms with Crippen LogP contribution in [0.5, 0.6) is 5.75 Å². The number of nitrogens with zero attached hydrogens (tertiary/aromatic N) is 2. The number of hydrogen-bond acceptors (Lipinski definition) is 3. The molecule has 0 amide bonds. The van der Waals surface area contributed by atoms with Crippen LogP contribution < -0.4 is 10.3 Å². The molecule has 0 saturated heterocycles. The highest BCUT2D eigenvalue weighted by atomic mass is 79.9. The van der Waals surface area contributed by atoms with Crippen molar-refractivity contribution in [3.05, 3.63) is 98.5 Å². The highest BCUT2D eigenvalue weighted by Gasteiger charge is 2.13. The van der Waals surface area contributed by atoms with Crippen LogP contribution in [-0.4, -0.2) is 16.7 Å². The third-order valence-corrected chi connectivity index (χ3v) is 5.25. The van der Waals surface area contributed by atoms with Gasteiger partial charge in [0.25, 0.3) is 5.56 Å². The minimum absolute atomic E-state index is 0.0972. The van der Waals surface area contributed by atoms with Gasteiger partial charge in [0, 0.05) is 4.47 Å². The molecule has 3 aromatic carbocycles. The fourth-order valence-electron chi connectivity index (χ4n) is 3.22. The van der Waals surface area contributed by atoms with Gasteiger partial charge in [-0.15, -0.1) is 0 Å². The van der Waals surface area contributed by atoms with Crippen LogP contribution >= 0.6 is 15.9 Å². The van der Waals surface area contributed by atoms with Gasteiger partial charge in [0.2, 0.25) is 0 Å². The van der Waals surface area contributed by atoms with Crippen LogP contribution in [0.2, 0.25) is 0 Å². The molecule has 29 heavy (non-hydrogen) atoms. The fraction of sp³-hybridized carbons (Fsp3) is 0.0833. The maximum atomic E-state index is 13.4. The quantitative estimate of drug-likeness (QED) is 0.407. The van der Waals surface area contributed by atoms with Crippen LogP contribution in [0.25, 0.3) is 28.7 Å². The molecule has 0 N–H and O–H groups in total. The number of para-hydroxylation sites is 1. The predicted molar refractivity (Wildman–Crippen MR) is 122 cm³/mol. The fourth-order valence-corrected chi connectivity index (χ4v) is 3.58. The zero-order valence-corrected chi connectivity index (χ0v) is 17.7. The largest absolute Gasteiger partial charge is 0.497 e. The Morgan fingerprint density at radius 1 is 1.00 bits per heavy atom. The van der Waals surface area contributed by atoms with E-state index in [4.69, 9.17) is 9.72 Å². The van der Waals surface area contributed by atoms with Crippen molar-refractivity contribution in [1.82, 2.24) is 9.55 Å². The van der Waals surface area contributed by atoms with Gasteiger partial charge in [-0.25, -0.2) is 4.98 Å². The summed E-state index contributed by atoms with van der Waals surface area (Å²) in [7, 11) is 1.64. The standard InChI is InChI=1S/C24H19BrN2O2/c1-16-5-3-4-6-22(16)27-23(14-9-17-7-11-19(29-2)12-8-17)26-21-13-10-18(25)15-20(21)24(27)28/h3-15H,1-2H3. The average molecular weight is 447 g/mol. The molecule has 0 spiro atoms. The molecule has 0 aliphatic rings. The molecule has 4 aromatic rings. The van der Waals surface area contributed by atoms with Crippen molar-refractivity contribution in [1.29, 1.82) is 0 Å². The lowest BCUT2D eigenvalue weighted by molar-refractivity contribution is 0.415. The first-order valence-electron chi connectivity index (χ1n) is 9.17. The minimum Gasteiger partial charge on any atom is -0.497 e. The summed E-state index contributed by atoms with van der Waals surface area (Å²) in [6.07, 6.45) is 3.82. The minimum atomic E-state index is -0.0972. The van der Waals surface area contributed by atoms with E-state index in [0.29, 0.717) is 16.7 Å². The molecule has 0 radical (unpaired) electrons. The molecule has 1 heterocycles. The number of ether oxygens (including phenoxy) is 1. The lowest BCUT2D eigenvalue weighted by atomic mass is 10.1. The summed E-state index contributed by atoms with van der Waals surface area (Å²) < 4.78 is 7.73. The van der Waals surface area contributed by atoms with Crippen molar-refractivity contribution in [2.45, 2.75) is 6.92 Å². The van der Waals surface area contributed by atoms with E-state index in [2.05, 4.69) is 15.9 Å². The first-order valence-corrected chi connectivity index (χ1v) is 9.96. The molecule has 0 fully saturated rings. The topological polar surface area (TPSA) is 44.1 Å². The number of fused-ring (bicyclic) bond motifs is 1. The molecule has 4 rings (SSSR count). The molecular formula is C24H19BrN2O2. The Labute approximate surface area is 177 Å². The third kappa shape index (κ3) is 3.87. The van der Waals surface area contributed by atoms with Gasteiger partial charge in [-0.05, 0) is 60.5 Å². The predicted octanol–water partition coefficient (Wildman–Crippen LogP) is 5.64. The molecule has 1 aromatic heterocycles. The lowest BCUT2D eigenvalue weighted by Gasteiger charge is -2.13. The van der Waals surface area contributed by atoms with E-state index in [0.717, 1.165) is 27.0 Å². The molecule has 5 heteroatoms. The van der Waals surface area contributed by atoms with E-state index >= 15 is 0 Å². The number of halogens is 1. The summed E-state index contributed by atoms with van der Waals surface area (Å²) >= 11 is 3.45. The smallest absolute Gasteiger partial charge is 0.266 e. The van der Waals surface area contributed by atoms with Crippen LogP contribution in [-0.2, 0) is 0 Å². The molecular weight excluding hydrogens is 428 g/mol. The highest BCUT2D eigenvalue weighted by Crippen LogP contribution is 2.21. The molecule has 0 bridgehead atoms. The number of aromatic nitrogens is 2. The van der Waals surface area contributed by atoms with Gasteiger partial charge in [0.05, 0.1) is 23.7 Å². The van der Waals surface area contributed by atoms with Gasteiger partial charge in [-0.2, -0.15) is 0 Å². The zero-order valence-electron chi connectivity index (χ0n) is 16.1. The molecule has 0 aliphatic carbocycles. The Bertz CT molecular complexity index is 1270. The van der Waals surface area contributed by atoms with Crippen LogP contribution in [0.3, 0.4) is 0 Å². The molecule has 0 aliphatic heterocycles. The Balaban J connectivity index is 1.92. The number of methoxy groups -OCH3 is 1. The first kappa shape index (κ1) is 19.2. The van der Waals surface area contributed by atoms with Crippen LogP contribution in [0.4, 0.5) is 0 Å². The SMILES string of the molecule is COc1ccc(C=Cc2nc3ccc(Br)cc3c(=O)n2-c2ccccc2C)cc1.